The van der Waals surface area contributed by atoms with Crippen molar-refractivity contribution in [3.63, 3.8) is 0 Å². The number of rotatable bonds is 4. The first-order chi connectivity index (χ1) is 10.7. The van der Waals surface area contributed by atoms with Crippen molar-refractivity contribution in [1.29, 1.82) is 0 Å². The van der Waals surface area contributed by atoms with Crippen molar-refractivity contribution in [2.45, 2.75) is 38.5 Å². The Morgan fingerprint density at radius 3 is 2.82 bits per heavy atom. The molecule has 2 heterocycles. The number of hydrogen-bond donors (Lipinski definition) is 1. The summed E-state index contributed by atoms with van der Waals surface area (Å²) in [4.78, 5) is 26.2. The molecule has 2 aliphatic rings. The van der Waals surface area contributed by atoms with Crippen LogP contribution < -0.4 is 5.32 Å². The predicted octanol–water partition coefficient (Wildman–Crippen LogP) is 2.91. The number of amides is 2. The van der Waals surface area contributed by atoms with Gasteiger partial charge in [0.15, 0.2) is 0 Å². The molecule has 1 saturated carbocycles. The summed E-state index contributed by atoms with van der Waals surface area (Å²) in [6, 6.07) is 1.80. The molecule has 1 saturated heterocycles. The van der Waals surface area contributed by atoms with Gasteiger partial charge >= 0.3 is 0 Å². The van der Waals surface area contributed by atoms with Gasteiger partial charge in [-0.2, -0.15) is 11.3 Å². The van der Waals surface area contributed by atoms with E-state index in [0.29, 0.717) is 24.4 Å². The van der Waals surface area contributed by atoms with Crippen LogP contribution in [0.2, 0.25) is 0 Å². The first kappa shape index (κ1) is 15.5. The second-order valence-corrected chi connectivity index (χ2v) is 7.23. The summed E-state index contributed by atoms with van der Waals surface area (Å²) >= 11 is 1.50. The zero-order chi connectivity index (χ0) is 15.4. The van der Waals surface area contributed by atoms with Crippen molar-refractivity contribution in [2.24, 2.45) is 11.8 Å². The highest BCUT2D eigenvalue weighted by molar-refractivity contribution is 7.08. The van der Waals surface area contributed by atoms with Crippen LogP contribution in [0, 0.1) is 11.8 Å². The normalized spacial score (nSPS) is 24.6. The summed E-state index contributed by atoms with van der Waals surface area (Å²) in [5, 5.41) is 6.54. The highest BCUT2D eigenvalue weighted by atomic mass is 32.1. The number of carbonyl (C=O) groups is 2. The Labute approximate surface area is 135 Å². The molecule has 1 aromatic heterocycles. The predicted molar refractivity (Wildman–Crippen MR) is 87.9 cm³/mol. The third-order valence-electron chi connectivity index (χ3n) is 5.05. The first-order valence-corrected chi connectivity index (χ1v) is 9.26. The van der Waals surface area contributed by atoms with Gasteiger partial charge in [-0.3, -0.25) is 9.59 Å². The number of likely N-dealkylation sites (tertiary alicyclic amines) is 1. The standard InChI is InChI=1S/C17H24N2O2S/c20-16(5-8-18-17(21)15-7-10-22-12-15)19-9-6-13-3-1-2-4-14(13)11-19/h7,10,12-14H,1-6,8-9,11H2,(H,18,21)/t13-,14-/m0/s1. The second-order valence-electron chi connectivity index (χ2n) is 6.45. The van der Waals surface area contributed by atoms with Gasteiger partial charge in [0.2, 0.25) is 5.91 Å². The lowest BCUT2D eigenvalue weighted by molar-refractivity contribution is -0.134. The van der Waals surface area contributed by atoms with Crippen molar-refractivity contribution in [1.82, 2.24) is 10.2 Å². The minimum absolute atomic E-state index is 0.0833. The molecule has 0 radical (unpaired) electrons. The third kappa shape index (κ3) is 3.69. The Balaban J connectivity index is 1.41. The Morgan fingerprint density at radius 1 is 1.23 bits per heavy atom. The Bertz CT molecular complexity index is 515. The largest absolute Gasteiger partial charge is 0.351 e. The molecule has 0 spiro atoms. The molecule has 22 heavy (non-hydrogen) atoms. The summed E-state index contributed by atoms with van der Waals surface area (Å²) in [6.07, 6.45) is 6.89. The number of piperidine rings is 1. The van der Waals surface area contributed by atoms with Gasteiger partial charge in [0.1, 0.15) is 0 Å². The maximum Gasteiger partial charge on any atom is 0.252 e. The smallest absolute Gasteiger partial charge is 0.252 e. The highest BCUT2D eigenvalue weighted by Gasteiger charge is 2.32. The lowest BCUT2D eigenvalue weighted by Gasteiger charge is -2.41. The fraction of sp³-hybridized carbons (Fsp3) is 0.647. The number of hydrogen-bond acceptors (Lipinski definition) is 3. The van der Waals surface area contributed by atoms with Gasteiger partial charge < -0.3 is 10.2 Å². The quantitative estimate of drug-likeness (QED) is 0.927. The second kappa shape index (κ2) is 7.27. The van der Waals surface area contributed by atoms with Crippen LogP contribution in [-0.4, -0.2) is 36.3 Å². The zero-order valence-electron chi connectivity index (χ0n) is 12.9. The first-order valence-electron chi connectivity index (χ1n) is 8.32. The molecule has 3 rings (SSSR count). The lowest BCUT2D eigenvalue weighted by Crippen LogP contribution is -2.45. The molecular formula is C17H24N2O2S. The van der Waals surface area contributed by atoms with Crippen LogP contribution in [0.25, 0.3) is 0 Å². The lowest BCUT2D eigenvalue weighted by atomic mass is 9.75. The molecule has 1 aliphatic carbocycles. The van der Waals surface area contributed by atoms with E-state index in [1.807, 2.05) is 15.7 Å². The summed E-state index contributed by atoms with van der Waals surface area (Å²) < 4.78 is 0. The van der Waals surface area contributed by atoms with Crippen LogP contribution in [0.5, 0.6) is 0 Å². The van der Waals surface area contributed by atoms with Crippen LogP contribution in [-0.2, 0) is 4.79 Å². The molecule has 0 aromatic carbocycles. The highest BCUT2D eigenvalue weighted by Crippen LogP contribution is 2.36. The number of thiophene rings is 1. The summed E-state index contributed by atoms with van der Waals surface area (Å²) in [5.41, 5.74) is 0.681. The van der Waals surface area contributed by atoms with E-state index in [4.69, 9.17) is 0 Å². The molecule has 2 atom stereocenters. The molecule has 0 bridgehead atoms. The molecule has 2 fully saturated rings. The summed E-state index contributed by atoms with van der Waals surface area (Å²) in [5.74, 6) is 1.66. The molecule has 1 aliphatic heterocycles. The van der Waals surface area contributed by atoms with E-state index in [1.54, 1.807) is 6.07 Å². The minimum atomic E-state index is -0.0833. The summed E-state index contributed by atoms with van der Waals surface area (Å²) in [7, 11) is 0. The van der Waals surface area contributed by atoms with Crippen LogP contribution in [0.4, 0.5) is 0 Å². The van der Waals surface area contributed by atoms with Gasteiger partial charge in [-0.25, -0.2) is 0 Å². The van der Waals surface area contributed by atoms with E-state index in [9.17, 15) is 9.59 Å². The Hall–Kier alpha value is -1.36. The molecule has 5 heteroatoms. The van der Waals surface area contributed by atoms with Gasteiger partial charge in [0.05, 0.1) is 0 Å². The van der Waals surface area contributed by atoms with E-state index in [1.165, 1.54) is 37.0 Å². The van der Waals surface area contributed by atoms with Crippen LogP contribution in [0.3, 0.4) is 0 Å². The van der Waals surface area contributed by atoms with Crippen LogP contribution in [0.15, 0.2) is 16.8 Å². The van der Waals surface area contributed by atoms with Gasteiger partial charge in [-0.1, -0.05) is 19.3 Å². The molecular weight excluding hydrogens is 296 g/mol. The van der Waals surface area contributed by atoms with Crippen molar-refractivity contribution >= 4 is 23.2 Å². The Morgan fingerprint density at radius 2 is 2.05 bits per heavy atom. The average Bonchev–Trinajstić information content (AvgIpc) is 3.08. The fourth-order valence-electron chi connectivity index (χ4n) is 3.76. The number of fused-ring (bicyclic) bond motifs is 1. The van der Waals surface area contributed by atoms with Crippen molar-refractivity contribution in [3.05, 3.63) is 22.4 Å². The molecule has 120 valence electrons. The van der Waals surface area contributed by atoms with Crippen LogP contribution >= 0.6 is 11.3 Å². The zero-order valence-corrected chi connectivity index (χ0v) is 13.7. The van der Waals surface area contributed by atoms with Crippen molar-refractivity contribution < 1.29 is 9.59 Å². The van der Waals surface area contributed by atoms with E-state index >= 15 is 0 Å². The maximum absolute atomic E-state index is 12.3. The molecule has 1 N–H and O–H groups in total. The van der Waals surface area contributed by atoms with E-state index in [-0.39, 0.29) is 11.8 Å². The van der Waals surface area contributed by atoms with Crippen LogP contribution in [0.1, 0.15) is 48.9 Å². The molecule has 1 aromatic rings. The molecule has 2 amide bonds. The van der Waals surface area contributed by atoms with Gasteiger partial charge in [-0.05, 0) is 36.1 Å². The number of nitrogens with one attached hydrogen (secondary N) is 1. The number of carbonyl (C=O) groups excluding carboxylic acids is 2. The van der Waals surface area contributed by atoms with Gasteiger partial charge in [0, 0.05) is 37.0 Å². The monoisotopic (exact) mass is 320 g/mol. The fourth-order valence-corrected chi connectivity index (χ4v) is 4.40. The van der Waals surface area contributed by atoms with E-state index < -0.39 is 0 Å². The SMILES string of the molecule is O=C(NCCC(=O)N1CC[C@@H]2CCCC[C@H]2C1)c1ccsc1. The summed E-state index contributed by atoms with van der Waals surface area (Å²) in [6.45, 7) is 2.26. The minimum Gasteiger partial charge on any atom is -0.351 e. The van der Waals surface area contributed by atoms with E-state index in [2.05, 4.69) is 5.32 Å². The Kier molecular flexibility index (Phi) is 5.13. The average molecular weight is 320 g/mol. The molecule has 0 unspecified atom stereocenters. The van der Waals surface area contributed by atoms with Crippen molar-refractivity contribution in [3.8, 4) is 0 Å². The number of nitrogens with zero attached hydrogens (tertiary/aromatic N) is 1. The van der Waals surface area contributed by atoms with Gasteiger partial charge in [0.25, 0.3) is 5.91 Å². The maximum atomic E-state index is 12.3. The van der Waals surface area contributed by atoms with Gasteiger partial charge in [-0.15, -0.1) is 0 Å². The topological polar surface area (TPSA) is 49.4 Å². The van der Waals surface area contributed by atoms with Crippen molar-refractivity contribution in [2.75, 3.05) is 19.6 Å². The third-order valence-corrected chi connectivity index (χ3v) is 5.73. The van der Waals surface area contributed by atoms with E-state index in [0.717, 1.165) is 25.4 Å². The molecule has 4 nitrogen and oxygen atoms in total.